The number of pyridine rings is 1. The number of carbonyl (C=O) groups excluding carboxylic acids is 1. The van der Waals surface area contributed by atoms with Gasteiger partial charge in [-0.25, -0.2) is 18.7 Å². The Morgan fingerprint density at radius 3 is 2.76 bits per heavy atom. The highest BCUT2D eigenvalue weighted by atomic mass is 19.1. The molecule has 3 aromatic heterocycles. The van der Waals surface area contributed by atoms with E-state index in [-0.39, 0.29) is 23.5 Å². The molecule has 0 aliphatic carbocycles. The molecule has 0 saturated carbocycles. The van der Waals surface area contributed by atoms with Crippen LogP contribution < -0.4 is 10.1 Å². The number of nitrogens with one attached hydrogen (secondary N) is 3. The monoisotopic (exact) mass is 605 g/mol. The molecule has 0 bridgehead atoms. The molecule has 7 rings (SSSR count). The number of rotatable bonds is 8. The summed E-state index contributed by atoms with van der Waals surface area (Å²) in [6.07, 6.45) is 2.97. The lowest BCUT2D eigenvalue weighted by atomic mass is 10.0. The van der Waals surface area contributed by atoms with E-state index in [9.17, 15) is 13.6 Å². The maximum absolute atomic E-state index is 14.5. The van der Waals surface area contributed by atoms with Gasteiger partial charge in [-0.1, -0.05) is 30.3 Å². The molecule has 0 atom stereocenters. The standard InChI is InChI=1S/C34H29F2N7O2/c1-20-25-15-23(16-27(36)33(25)42-41-20)34(44)37-24-9-10-29-30(17-24)39-31(38-29)18-43-13-11-21(12-14-43)28-7-4-8-32(40-28)45-19-22-5-2-3-6-26(22)35/h2-11,15-17H,12-14,18-19H2,1H3,(H,37,44)(H,38,39)(H,41,42). The van der Waals surface area contributed by atoms with Crippen LogP contribution in [0.5, 0.6) is 5.88 Å². The number of H-pyrrole nitrogens is 2. The fraction of sp³-hybridized carbons (Fsp3) is 0.176. The van der Waals surface area contributed by atoms with E-state index >= 15 is 0 Å². The van der Waals surface area contributed by atoms with Crippen LogP contribution in [0.15, 0.2) is 78.9 Å². The topological polar surface area (TPSA) is 112 Å². The molecular weight excluding hydrogens is 576 g/mol. The maximum Gasteiger partial charge on any atom is 0.255 e. The number of carbonyl (C=O) groups is 1. The van der Waals surface area contributed by atoms with Crippen molar-refractivity contribution in [1.29, 1.82) is 0 Å². The van der Waals surface area contributed by atoms with Gasteiger partial charge in [-0.05, 0) is 61.4 Å². The van der Waals surface area contributed by atoms with Crippen LogP contribution in [-0.2, 0) is 13.2 Å². The van der Waals surface area contributed by atoms with Crippen LogP contribution >= 0.6 is 0 Å². The first kappa shape index (κ1) is 28.4. The van der Waals surface area contributed by atoms with Gasteiger partial charge in [0.05, 0.1) is 23.3 Å². The largest absolute Gasteiger partial charge is 0.473 e. The molecule has 11 heteroatoms. The van der Waals surface area contributed by atoms with Crippen molar-refractivity contribution in [3.8, 4) is 5.88 Å². The number of ether oxygens (including phenoxy) is 1. The summed E-state index contributed by atoms with van der Waals surface area (Å²) in [6.45, 7) is 4.08. The predicted octanol–water partition coefficient (Wildman–Crippen LogP) is 6.54. The molecule has 1 aliphatic rings. The van der Waals surface area contributed by atoms with Crippen molar-refractivity contribution in [3.05, 3.63) is 119 Å². The average molecular weight is 606 g/mol. The molecule has 1 aliphatic heterocycles. The number of hydrogen-bond acceptors (Lipinski definition) is 6. The van der Waals surface area contributed by atoms with Gasteiger partial charge in [-0.15, -0.1) is 0 Å². The van der Waals surface area contributed by atoms with Crippen LogP contribution in [0.2, 0.25) is 0 Å². The van der Waals surface area contributed by atoms with Gasteiger partial charge in [-0.3, -0.25) is 14.8 Å². The summed E-state index contributed by atoms with van der Waals surface area (Å²) in [5.74, 6) is 0.00929. The molecular formula is C34H29F2N7O2. The first-order valence-electron chi connectivity index (χ1n) is 14.6. The lowest BCUT2D eigenvalue weighted by Crippen LogP contribution is -2.28. The van der Waals surface area contributed by atoms with Crippen molar-refractivity contribution in [2.75, 3.05) is 18.4 Å². The average Bonchev–Trinajstić information content (AvgIpc) is 3.63. The van der Waals surface area contributed by atoms with E-state index in [2.05, 4.69) is 36.5 Å². The Morgan fingerprint density at radius 1 is 1.02 bits per heavy atom. The highest BCUT2D eigenvalue weighted by Crippen LogP contribution is 2.26. The summed E-state index contributed by atoms with van der Waals surface area (Å²) in [6, 6.07) is 20.4. The van der Waals surface area contributed by atoms with Gasteiger partial charge in [0.1, 0.15) is 23.8 Å². The number of aromatic nitrogens is 5. The number of aromatic amines is 2. The van der Waals surface area contributed by atoms with Crippen molar-refractivity contribution >= 4 is 39.1 Å². The molecule has 45 heavy (non-hydrogen) atoms. The first-order chi connectivity index (χ1) is 21.9. The maximum atomic E-state index is 14.5. The van der Waals surface area contributed by atoms with Crippen LogP contribution in [-0.4, -0.2) is 49.0 Å². The zero-order valence-electron chi connectivity index (χ0n) is 24.4. The van der Waals surface area contributed by atoms with E-state index < -0.39 is 11.7 Å². The van der Waals surface area contributed by atoms with E-state index in [0.717, 1.165) is 47.6 Å². The molecule has 0 unspecified atom stereocenters. The van der Waals surface area contributed by atoms with Crippen LogP contribution in [0.25, 0.3) is 27.5 Å². The lowest BCUT2D eigenvalue weighted by molar-refractivity contribution is 0.102. The van der Waals surface area contributed by atoms with E-state index in [1.54, 1.807) is 43.3 Å². The summed E-state index contributed by atoms with van der Waals surface area (Å²) >= 11 is 0. The number of imidazole rings is 1. The van der Waals surface area contributed by atoms with Gasteiger partial charge in [0, 0.05) is 47.1 Å². The van der Waals surface area contributed by atoms with Crippen molar-refractivity contribution < 1.29 is 18.3 Å². The van der Waals surface area contributed by atoms with E-state index in [4.69, 9.17) is 9.72 Å². The van der Waals surface area contributed by atoms with Crippen molar-refractivity contribution in [2.45, 2.75) is 26.5 Å². The number of hydrogen-bond donors (Lipinski definition) is 3. The third kappa shape index (κ3) is 6.02. The summed E-state index contributed by atoms with van der Waals surface area (Å²) in [4.78, 5) is 27.9. The number of anilines is 1. The second-order valence-corrected chi connectivity index (χ2v) is 11.0. The van der Waals surface area contributed by atoms with Gasteiger partial charge in [0.15, 0.2) is 5.82 Å². The minimum absolute atomic E-state index is 0.114. The third-order valence-electron chi connectivity index (χ3n) is 7.91. The smallest absolute Gasteiger partial charge is 0.255 e. The van der Waals surface area contributed by atoms with Crippen LogP contribution in [0, 0.1) is 18.6 Å². The Balaban J connectivity index is 0.980. The molecule has 226 valence electrons. The summed E-state index contributed by atoms with van der Waals surface area (Å²) in [7, 11) is 0. The molecule has 0 radical (unpaired) electrons. The second kappa shape index (κ2) is 11.9. The van der Waals surface area contributed by atoms with Gasteiger partial charge in [0.2, 0.25) is 5.88 Å². The first-order valence-corrected chi connectivity index (χ1v) is 14.6. The minimum atomic E-state index is -0.550. The second-order valence-electron chi connectivity index (χ2n) is 11.0. The summed E-state index contributed by atoms with van der Waals surface area (Å²) in [5.41, 5.74) is 5.74. The highest BCUT2D eigenvalue weighted by molar-refractivity contribution is 6.07. The molecule has 0 fully saturated rings. The van der Waals surface area contributed by atoms with E-state index in [1.807, 2.05) is 24.3 Å². The van der Waals surface area contributed by atoms with Crippen LogP contribution in [0.4, 0.5) is 14.5 Å². The van der Waals surface area contributed by atoms with Crippen molar-refractivity contribution in [3.63, 3.8) is 0 Å². The third-order valence-corrected chi connectivity index (χ3v) is 7.91. The number of amides is 1. The Bertz CT molecular complexity index is 2080. The van der Waals surface area contributed by atoms with E-state index in [0.29, 0.717) is 34.8 Å². The Morgan fingerprint density at radius 2 is 1.91 bits per heavy atom. The fourth-order valence-electron chi connectivity index (χ4n) is 5.49. The van der Waals surface area contributed by atoms with Gasteiger partial charge in [-0.2, -0.15) is 5.10 Å². The van der Waals surface area contributed by atoms with Crippen molar-refractivity contribution in [2.24, 2.45) is 0 Å². The minimum Gasteiger partial charge on any atom is -0.473 e. The molecule has 6 aromatic rings. The molecule has 3 N–H and O–H groups in total. The molecule has 3 aromatic carbocycles. The fourth-order valence-corrected chi connectivity index (χ4v) is 5.49. The van der Waals surface area contributed by atoms with E-state index in [1.165, 1.54) is 12.1 Å². The molecule has 4 heterocycles. The number of benzene rings is 3. The Kier molecular flexibility index (Phi) is 7.52. The molecule has 0 spiro atoms. The van der Waals surface area contributed by atoms with Crippen molar-refractivity contribution in [1.82, 2.24) is 30.0 Å². The molecule has 9 nitrogen and oxygen atoms in total. The summed E-state index contributed by atoms with van der Waals surface area (Å²) < 4.78 is 34.2. The molecule has 1 amide bonds. The highest BCUT2D eigenvalue weighted by Gasteiger charge is 2.18. The summed E-state index contributed by atoms with van der Waals surface area (Å²) in [5, 5.41) is 10.1. The Hall–Kier alpha value is -5.42. The van der Waals surface area contributed by atoms with Crippen LogP contribution in [0.1, 0.15) is 39.6 Å². The van der Waals surface area contributed by atoms with Gasteiger partial charge in [0.25, 0.3) is 5.91 Å². The predicted molar refractivity (Wildman–Crippen MR) is 168 cm³/mol. The lowest BCUT2D eigenvalue weighted by Gasteiger charge is -2.25. The van der Waals surface area contributed by atoms with Gasteiger partial charge >= 0.3 is 0 Å². The SMILES string of the molecule is Cc1[nH]nc2c(F)cc(C(=O)Nc3ccc4nc(CN5CC=C(c6cccc(OCc7ccccc7F)n6)CC5)[nH]c4c3)cc12. The normalized spacial score (nSPS) is 13.7. The number of aryl methyl sites for hydroxylation is 1. The van der Waals surface area contributed by atoms with Gasteiger partial charge < -0.3 is 15.0 Å². The Labute approximate surface area is 257 Å². The number of fused-ring (bicyclic) bond motifs is 2. The quantitative estimate of drug-likeness (QED) is 0.182. The number of halogens is 2. The zero-order chi connectivity index (χ0) is 30.9. The number of nitrogens with zero attached hydrogens (tertiary/aromatic N) is 4. The zero-order valence-corrected chi connectivity index (χ0v) is 24.4. The van der Waals surface area contributed by atoms with Crippen LogP contribution in [0.3, 0.4) is 0 Å². The molecule has 0 saturated heterocycles.